The fraction of sp³-hybridized carbons (Fsp3) is 0.286. The molecule has 0 aliphatic carbocycles. The number of rotatable bonds is 5. The maximum atomic E-state index is 12.6. The van der Waals surface area contributed by atoms with E-state index in [4.69, 9.17) is 4.74 Å². The number of fused-ring (bicyclic) bond motifs is 1. The van der Waals surface area contributed by atoms with Gasteiger partial charge >= 0.3 is 0 Å². The molecule has 2 aromatic carbocycles. The summed E-state index contributed by atoms with van der Waals surface area (Å²) in [6, 6.07) is 18.3. The molecule has 0 radical (unpaired) electrons. The quantitative estimate of drug-likeness (QED) is 0.744. The van der Waals surface area contributed by atoms with Gasteiger partial charge in [0.05, 0.1) is 7.11 Å². The van der Waals surface area contributed by atoms with Crippen molar-refractivity contribution in [1.82, 2.24) is 15.2 Å². The first-order chi connectivity index (χ1) is 12.7. The molecule has 0 bridgehead atoms. The predicted octanol–water partition coefficient (Wildman–Crippen LogP) is 3.18. The number of aromatic amines is 1. The van der Waals surface area contributed by atoms with Crippen molar-refractivity contribution in [2.45, 2.75) is 19.0 Å². The molecule has 2 N–H and O–H groups in total. The lowest BCUT2D eigenvalue weighted by molar-refractivity contribution is 0.0933. The molecule has 4 rings (SSSR count). The number of nitrogens with one attached hydrogen (secondary N) is 2. The summed E-state index contributed by atoms with van der Waals surface area (Å²) in [5, 5.41) is 4.16. The summed E-state index contributed by atoms with van der Waals surface area (Å²) in [7, 11) is 1.64. The van der Waals surface area contributed by atoms with Crippen LogP contribution in [0.25, 0.3) is 10.9 Å². The molecule has 0 saturated carbocycles. The average molecular weight is 349 g/mol. The Balaban J connectivity index is 1.38. The van der Waals surface area contributed by atoms with Gasteiger partial charge in [-0.15, -0.1) is 0 Å². The minimum absolute atomic E-state index is 0.0493. The van der Waals surface area contributed by atoms with Gasteiger partial charge in [-0.3, -0.25) is 9.69 Å². The van der Waals surface area contributed by atoms with E-state index in [1.165, 1.54) is 5.56 Å². The maximum absolute atomic E-state index is 12.6. The Kier molecular flexibility index (Phi) is 4.63. The minimum atomic E-state index is -0.0493. The van der Waals surface area contributed by atoms with Crippen molar-refractivity contribution >= 4 is 16.8 Å². The lowest BCUT2D eigenvalue weighted by Crippen LogP contribution is -2.37. The number of methoxy groups -OCH3 is 1. The second-order valence-corrected chi connectivity index (χ2v) is 6.82. The van der Waals surface area contributed by atoms with Crippen molar-refractivity contribution in [2.24, 2.45) is 0 Å². The number of likely N-dealkylation sites (tertiary alicyclic amines) is 1. The van der Waals surface area contributed by atoms with Crippen LogP contribution < -0.4 is 10.1 Å². The number of H-pyrrole nitrogens is 1. The van der Waals surface area contributed by atoms with Crippen LogP contribution in [0.5, 0.6) is 5.75 Å². The highest BCUT2D eigenvalue weighted by atomic mass is 16.5. The molecule has 3 aromatic rings. The van der Waals surface area contributed by atoms with E-state index in [0.717, 1.165) is 42.7 Å². The summed E-state index contributed by atoms with van der Waals surface area (Å²) >= 11 is 0. The standard InChI is InChI=1S/C21H23N3O2/c1-26-18-8-7-16-11-20(23-19(16)12-18)21(25)22-17-9-10-24(14-17)13-15-5-3-2-4-6-15/h2-8,11-12,17,23H,9-10,13-14H2,1H3,(H,22,25)/t17-/m0/s1. The monoisotopic (exact) mass is 349 g/mol. The molecule has 1 aliphatic rings. The van der Waals surface area contributed by atoms with Gasteiger partial charge in [0.15, 0.2) is 0 Å². The molecule has 1 saturated heterocycles. The van der Waals surface area contributed by atoms with E-state index >= 15 is 0 Å². The van der Waals surface area contributed by atoms with Crippen LogP contribution in [-0.4, -0.2) is 42.0 Å². The van der Waals surface area contributed by atoms with Gasteiger partial charge in [0.1, 0.15) is 11.4 Å². The molecule has 1 aliphatic heterocycles. The smallest absolute Gasteiger partial charge is 0.267 e. The first-order valence-corrected chi connectivity index (χ1v) is 8.95. The second-order valence-electron chi connectivity index (χ2n) is 6.82. The number of carbonyl (C=O) groups excluding carboxylic acids is 1. The van der Waals surface area contributed by atoms with E-state index in [-0.39, 0.29) is 11.9 Å². The fourth-order valence-corrected chi connectivity index (χ4v) is 3.55. The molecular weight excluding hydrogens is 326 g/mol. The van der Waals surface area contributed by atoms with Crippen molar-refractivity contribution in [3.8, 4) is 5.75 Å². The molecule has 0 spiro atoms. The molecule has 1 atom stereocenters. The second kappa shape index (κ2) is 7.22. The van der Waals surface area contributed by atoms with Crippen LogP contribution in [0.15, 0.2) is 54.6 Å². The Morgan fingerprint density at radius 1 is 1.23 bits per heavy atom. The summed E-state index contributed by atoms with van der Waals surface area (Å²) in [4.78, 5) is 18.2. The van der Waals surface area contributed by atoms with Crippen molar-refractivity contribution in [1.29, 1.82) is 0 Å². The Labute approximate surface area is 153 Å². The van der Waals surface area contributed by atoms with Crippen LogP contribution in [0.4, 0.5) is 0 Å². The van der Waals surface area contributed by atoms with Gasteiger partial charge in [-0.25, -0.2) is 0 Å². The van der Waals surface area contributed by atoms with Gasteiger partial charge in [-0.2, -0.15) is 0 Å². The first-order valence-electron chi connectivity index (χ1n) is 8.95. The van der Waals surface area contributed by atoms with Crippen LogP contribution in [0.1, 0.15) is 22.5 Å². The Morgan fingerprint density at radius 2 is 2.08 bits per heavy atom. The van der Waals surface area contributed by atoms with Crippen molar-refractivity contribution in [3.63, 3.8) is 0 Å². The summed E-state index contributed by atoms with van der Waals surface area (Å²) in [6.07, 6.45) is 0.979. The number of nitrogens with zero attached hydrogens (tertiary/aromatic N) is 1. The number of benzene rings is 2. The van der Waals surface area contributed by atoms with Crippen LogP contribution in [-0.2, 0) is 6.54 Å². The Bertz CT molecular complexity index is 904. The lowest BCUT2D eigenvalue weighted by atomic mass is 10.2. The van der Waals surface area contributed by atoms with Gasteiger partial charge in [0.2, 0.25) is 0 Å². The zero-order valence-electron chi connectivity index (χ0n) is 14.9. The minimum Gasteiger partial charge on any atom is -0.497 e. The van der Waals surface area contributed by atoms with Gasteiger partial charge < -0.3 is 15.0 Å². The zero-order chi connectivity index (χ0) is 17.9. The third-order valence-electron chi connectivity index (χ3n) is 4.93. The lowest BCUT2D eigenvalue weighted by Gasteiger charge is -2.16. The normalized spacial score (nSPS) is 17.5. The highest BCUT2D eigenvalue weighted by molar-refractivity contribution is 5.98. The molecule has 5 nitrogen and oxygen atoms in total. The van der Waals surface area contributed by atoms with Crippen LogP contribution in [0.2, 0.25) is 0 Å². The van der Waals surface area contributed by atoms with E-state index in [1.54, 1.807) is 7.11 Å². The van der Waals surface area contributed by atoms with E-state index < -0.39 is 0 Å². The zero-order valence-corrected chi connectivity index (χ0v) is 14.9. The maximum Gasteiger partial charge on any atom is 0.267 e. The summed E-state index contributed by atoms with van der Waals surface area (Å²) in [5.74, 6) is 0.727. The van der Waals surface area contributed by atoms with Crippen molar-refractivity contribution < 1.29 is 9.53 Å². The van der Waals surface area contributed by atoms with Gasteiger partial charge in [0, 0.05) is 42.6 Å². The number of aromatic nitrogens is 1. The van der Waals surface area contributed by atoms with E-state index in [0.29, 0.717) is 5.69 Å². The van der Waals surface area contributed by atoms with Gasteiger partial charge in [0.25, 0.3) is 5.91 Å². The molecular formula is C21H23N3O2. The third-order valence-corrected chi connectivity index (χ3v) is 4.93. The number of ether oxygens (including phenoxy) is 1. The van der Waals surface area contributed by atoms with E-state index in [1.807, 2.05) is 30.3 Å². The molecule has 2 heterocycles. The topological polar surface area (TPSA) is 57.4 Å². The van der Waals surface area contributed by atoms with Crippen LogP contribution >= 0.6 is 0 Å². The molecule has 5 heteroatoms. The Hall–Kier alpha value is -2.79. The molecule has 134 valence electrons. The Morgan fingerprint density at radius 3 is 2.88 bits per heavy atom. The third kappa shape index (κ3) is 3.58. The first kappa shape index (κ1) is 16.7. The SMILES string of the molecule is COc1ccc2cc(C(=O)N[C@H]3CCN(Cc4ccccc4)C3)[nH]c2c1. The predicted molar refractivity (Wildman–Crippen MR) is 102 cm³/mol. The van der Waals surface area contributed by atoms with Gasteiger partial charge in [-0.05, 0) is 30.2 Å². The van der Waals surface area contributed by atoms with Crippen LogP contribution in [0.3, 0.4) is 0 Å². The summed E-state index contributed by atoms with van der Waals surface area (Å²) in [6.45, 7) is 2.82. The fourth-order valence-electron chi connectivity index (χ4n) is 3.55. The number of hydrogen-bond acceptors (Lipinski definition) is 3. The highest BCUT2D eigenvalue weighted by Gasteiger charge is 2.24. The summed E-state index contributed by atoms with van der Waals surface area (Å²) in [5.41, 5.74) is 2.81. The number of amides is 1. The molecule has 0 unspecified atom stereocenters. The number of carbonyl (C=O) groups is 1. The average Bonchev–Trinajstić information content (AvgIpc) is 3.28. The van der Waals surface area contributed by atoms with Crippen molar-refractivity contribution in [3.05, 3.63) is 65.9 Å². The van der Waals surface area contributed by atoms with E-state index in [2.05, 4.69) is 39.5 Å². The molecule has 26 heavy (non-hydrogen) atoms. The van der Waals surface area contributed by atoms with E-state index in [9.17, 15) is 4.79 Å². The summed E-state index contributed by atoms with van der Waals surface area (Å²) < 4.78 is 5.23. The molecule has 1 fully saturated rings. The van der Waals surface area contributed by atoms with Gasteiger partial charge in [-0.1, -0.05) is 30.3 Å². The van der Waals surface area contributed by atoms with Crippen LogP contribution in [0, 0.1) is 0 Å². The highest BCUT2D eigenvalue weighted by Crippen LogP contribution is 2.21. The molecule has 1 amide bonds. The number of hydrogen-bond donors (Lipinski definition) is 2. The molecule has 1 aromatic heterocycles. The largest absolute Gasteiger partial charge is 0.497 e. The van der Waals surface area contributed by atoms with Crippen molar-refractivity contribution in [2.75, 3.05) is 20.2 Å².